The Labute approximate surface area is 146 Å². The number of aromatic hydroxyl groups is 1. The molecule has 7 nitrogen and oxygen atoms in total. The molecule has 0 bridgehead atoms. The maximum absolute atomic E-state index is 13.0. The summed E-state index contributed by atoms with van der Waals surface area (Å²) in [6.07, 6.45) is -0.164. The molecule has 0 aliphatic heterocycles. The van der Waals surface area contributed by atoms with Crippen LogP contribution in [0.25, 0.3) is 33.4 Å². The van der Waals surface area contributed by atoms with Gasteiger partial charge in [0.2, 0.25) is 5.43 Å². The molecule has 7 heteroatoms. The second kappa shape index (κ2) is 6.03. The van der Waals surface area contributed by atoms with Crippen LogP contribution in [0, 0.1) is 0 Å². The predicted octanol–water partition coefficient (Wildman–Crippen LogP) is 3.06. The lowest BCUT2D eigenvalue weighted by Gasteiger charge is -2.08. The predicted molar refractivity (Wildman–Crippen MR) is 95.2 cm³/mol. The Bertz CT molecular complexity index is 1170. The Morgan fingerprint density at radius 2 is 2.00 bits per heavy atom. The van der Waals surface area contributed by atoms with Gasteiger partial charge in [0.05, 0.1) is 22.8 Å². The normalized spacial score (nSPS) is 11.2. The zero-order chi connectivity index (χ0) is 18.3. The number of hydrogen-bond acceptors (Lipinski definition) is 5. The highest BCUT2D eigenvalue weighted by atomic mass is 16.4. The number of imidazole rings is 1. The van der Waals surface area contributed by atoms with Crippen molar-refractivity contribution in [3.63, 3.8) is 0 Å². The maximum atomic E-state index is 13.0. The van der Waals surface area contributed by atoms with Crippen molar-refractivity contribution in [3.8, 4) is 17.1 Å². The molecular weight excluding hydrogens is 336 g/mol. The number of aryl methyl sites for hydroxylation is 1. The average Bonchev–Trinajstić information content (AvgIpc) is 3.03. The van der Waals surface area contributed by atoms with Gasteiger partial charge in [0.25, 0.3) is 0 Å². The Balaban J connectivity index is 1.99. The Morgan fingerprint density at radius 3 is 2.77 bits per heavy atom. The molecule has 0 atom stereocenters. The third-order valence-corrected chi connectivity index (χ3v) is 4.14. The Hall–Kier alpha value is -3.61. The number of carboxylic acid groups (broad SMARTS) is 1. The van der Waals surface area contributed by atoms with E-state index in [2.05, 4.69) is 9.97 Å². The van der Waals surface area contributed by atoms with Crippen LogP contribution in [-0.2, 0) is 11.2 Å². The first kappa shape index (κ1) is 15.9. The quantitative estimate of drug-likeness (QED) is 0.521. The number of nitrogens with zero attached hydrogens (tertiary/aromatic N) is 1. The van der Waals surface area contributed by atoms with Gasteiger partial charge < -0.3 is 19.6 Å². The van der Waals surface area contributed by atoms with Crippen molar-refractivity contribution in [2.24, 2.45) is 0 Å². The molecular formula is C19H14N2O5. The molecule has 0 aliphatic rings. The van der Waals surface area contributed by atoms with Crippen LogP contribution < -0.4 is 5.43 Å². The molecule has 130 valence electrons. The fraction of sp³-hybridized carbons (Fsp3) is 0.105. The number of nitrogens with one attached hydrogen (secondary N) is 1. The van der Waals surface area contributed by atoms with Crippen LogP contribution in [0.15, 0.2) is 51.7 Å². The van der Waals surface area contributed by atoms with Gasteiger partial charge in [-0.05, 0) is 24.3 Å². The third-order valence-electron chi connectivity index (χ3n) is 4.14. The summed E-state index contributed by atoms with van der Waals surface area (Å²) in [4.78, 5) is 31.5. The van der Waals surface area contributed by atoms with Crippen molar-refractivity contribution in [1.29, 1.82) is 0 Å². The van der Waals surface area contributed by atoms with Gasteiger partial charge in [-0.2, -0.15) is 0 Å². The van der Waals surface area contributed by atoms with Gasteiger partial charge in [0.15, 0.2) is 0 Å². The van der Waals surface area contributed by atoms with Crippen LogP contribution in [-0.4, -0.2) is 26.2 Å². The number of para-hydroxylation sites is 2. The summed E-state index contributed by atoms with van der Waals surface area (Å²) in [6.45, 7) is 0. The highest BCUT2D eigenvalue weighted by Crippen LogP contribution is 2.27. The van der Waals surface area contributed by atoms with Crippen LogP contribution in [0.1, 0.15) is 12.2 Å². The number of hydrogen-bond donors (Lipinski definition) is 3. The van der Waals surface area contributed by atoms with Crippen molar-refractivity contribution in [3.05, 3.63) is 58.4 Å². The second-order valence-corrected chi connectivity index (χ2v) is 5.91. The molecule has 0 spiro atoms. The molecule has 3 N–H and O–H groups in total. The monoisotopic (exact) mass is 350 g/mol. The van der Waals surface area contributed by atoms with Gasteiger partial charge in [0.1, 0.15) is 28.5 Å². The Kier molecular flexibility index (Phi) is 3.69. The number of aromatic amines is 1. The SMILES string of the molecule is O=C(O)CCc1oc2cc(O)ccc2c(=O)c1-c1nc2ccccc2[nH]1. The first-order chi connectivity index (χ1) is 12.5. The molecule has 0 unspecified atom stereocenters. The highest BCUT2D eigenvalue weighted by Gasteiger charge is 2.20. The van der Waals surface area contributed by atoms with Crippen LogP contribution in [0.2, 0.25) is 0 Å². The zero-order valence-corrected chi connectivity index (χ0v) is 13.5. The maximum Gasteiger partial charge on any atom is 0.303 e. The molecule has 0 fully saturated rings. The van der Waals surface area contributed by atoms with Crippen molar-refractivity contribution in [1.82, 2.24) is 9.97 Å². The number of aromatic nitrogens is 2. The smallest absolute Gasteiger partial charge is 0.303 e. The summed E-state index contributed by atoms with van der Waals surface area (Å²) in [7, 11) is 0. The molecule has 4 aromatic rings. The fourth-order valence-electron chi connectivity index (χ4n) is 2.94. The molecule has 2 aromatic carbocycles. The summed E-state index contributed by atoms with van der Waals surface area (Å²) in [5, 5.41) is 18.9. The van der Waals surface area contributed by atoms with Gasteiger partial charge in [-0.25, -0.2) is 4.98 Å². The van der Waals surface area contributed by atoms with Crippen LogP contribution in [0.3, 0.4) is 0 Å². The van der Waals surface area contributed by atoms with E-state index < -0.39 is 5.97 Å². The number of rotatable bonds is 4. The molecule has 4 rings (SSSR count). The molecule has 2 aromatic heterocycles. The number of fused-ring (bicyclic) bond motifs is 2. The minimum atomic E-state index is -1.00. The molecule has 0 saturated carbocycles. The lowest BCUT2D eigenvalue weighted by molar-refractivity contribution is -0.137. The van der Waals surface area contributed by atoms with Crippen molar-refractivity contribution in [2.45, 2.75) is 12.8 Å². The van der Waals surface area contributed by atoms with E-state index in [0.717, 1.165) is 5.52 Å². The number of carboxylic acids is 1. The fourth-order valence-corrected chi connectivity index (χ4v) is 2.94. The Morgan fingerprint density at radius 1 is 1.19 bits per heavy atom. The largest absolute Gasteiger partial charge is 0.508 e. The van der Waals surface area contributed by atoms with Gasteiger partial charge >= 0.3 is 5.97 Å². The summed E-state index contributed by atoms with van der Waals surface area (Å²) in [6, 6.07) is 11.5. The topological polar surface area (TPSA) is 116 Å². The van der Waals surface area contributed by atoms with Gasteiger partial charge in [-0.15, -0.1) is 0 Å². The van der Waals surface area contributed by atoms with E-state index in [4.69, 9.17) is 9.52 Å². The van der Waals surface area contributed by atoms with Crippen LogP contribution >= 0.6 is 0 Å². The molecule has 0 saturated heterocycles. The number of aliphatic carboxylic acids is 1. The minimum absolute atomic E-state index is 0.0303. The van der Waals surface area contributed by atoms with E-state index in [1.54, 1.807) is 0 Å². The van der Waals surface area contributed by atoms with Gasteiger partial charge in [-0.3, -0.25) is 9.59 Å². The van der Waals surface area contributed by atoms with Crippen molar-refractivity contribution in [2.75, 3.05) is 0 Å². The van der Waals surface area contributed by atoms with Gasteiger partial charge in [0, 0.05) is 12.5 Å². The lowest BCUT2D eigenvalue weighted by Crippen LogP contribution is -2.11. The molecule has 26 heavy (non-hydrogen) atoms. The summed E-state index contributed by atoms with van der Waals surface area (Å²) in [5.41, 5.74) is 1.54. The summed E-state index contributed by atoms with van der Waals surface area (Å²) < 4.78 is 5.77. The first-order valence-electron chi connectivity index (χ1n) is 7.98. The first-order valence-corrected chi connectivity index (χ1v) is 7.98. The third kappa shape index (κ3) is 2.69. The number of H-pyrrole nitrogens is 1. The molecule has 0 amide bonds. The standard InChI is InChI=1S/C19H14N2O5/c22-10-5-6-11-15(9-10)26-14(7-8-16(23)24)17(18(11)25)19-20-12-3-1-2-4-13(12)21-19/h1-6,9,22H,7-8H2,(H,20,21)(H,23,24). The number of benzene rings is 2. The van der Waals surface area contributed by atoms with E-state index >= 15 is 0 Å². The van der Waals surface area contributed by atoms with E-state index in [0.29, 0.717) is 11.3 Å². The van der Waals surface area contributed by atoms with E-state index in [-0.39, 0.29) is 46.3 Å². The van der Waals surface area contributed by atoms with E-state index in [9.17, 15) is 14.7 Å². The lowest BCUT2D eigenvalue weighted by atomic mass is 10.1. The van der Waals surface area contributed by atoms with E-state index in [1.807, 2.05) is 24.3 Å². The average molecular weight is 350 g/mol. The molecule has 2 heterocycles. The highest BCUT2D eigenvalue weighted by molar-refractivity contribution is 5.85. The molecule has 0 radical (unpaired) electrons. The number of phenols is 1. The van der Waals surface area contributed by atoms with Crippen LogP contribution in [0.4, 0.5) is 0 Å². The van der Waals surface area contributed by atoms with Crippen molar-refractivity contribution < 1.29 is 19.4 Å². The van der Waals surface area contributed by atoms with E-state index in [1.165, 1.54) is 18.2 Å². The second-order valence-electron chi connectivity index (χ2n) is 5.91. The summed E-state index contributed by atoms with van der Waals surface area (Å²) >= 11 is 0. The van der Waals surface area contributed by atoms with Crippen molar-refractivity contribution >= 4 is 28.0 Å². The van der Waals surface area contributed by atoms with Gasteiger partial charge in [-0.1, -0.05) is 12.1 Å². The minimum Gasteiger partial charge on any atom is -0.508 e. The van der Waals surface area contributed by atoms with Crippen LogP contribution in [0.5, 0.6) is 5.75 Å². The zero-order valence-electron chi connectivity index (χ0n) is 13.5. The number of carbonyl (C=O) groups is 1. The molecule has 0 aliphatic carbocycles. The summed E-state index contributed by atoms with van der Waals surface area (Å²) in [5.74, 6) is -0.495. The number of phenolic OH excluding ortho intramolecular Hbond substituents is 1.